The van der Waals surface area contributed by atoms with Crippen molar-refractivity contribution in [2.45, 2.75) is 19.9 Å². The zero-order valence-electron chi connectivity index (χ0n) is 11.1. The van der Waals surface area contributed by atoms with Crippen LogP contribution in [-0.2, 0) is 9.59 Å². The van der Waals surface area contributed by atoms with Gasteiger partial charge >= 0.3 is 5.97 Å². The van der Waals surface area contributed by atoms with E-state index in [-0.39, 0.29) is 5.91 Å². The molecule has 1 rings (SSSR count). The van der Waals surface area contributed by atoms with Crippen LogP contribution in [0.2, 0.25) is 10.0 Å². The van der Waals surface area contributed by atoms with E-state index < -0.39 is 17.9 Å². The Morgan fingerprint density at radius 3 is 2.55 bits per heavy atom. The van der Waals surface area contributed by atoms with Crippen molar-refractivity contribution < 1.29 is 14.7 Å². The van der Waals surface area contributed by atoms with Gasteiger partial charge in [0, 0.05) is 12.1 Å². The van der Waals surface area contributed by atoms with E-state index in [1.165, 1.54) is 19.1 Å². The van der Waals surface area contributed by atoms with Crippen molar-refractivity contribution in [2.24, 2.45) is 5.92 Å². The lowest BCUT2D eigenvalue weighted by molar-refractivity contribution is -0.142. The van der Waals surface area contributed by atoms with Gasteiger partial charge < -0.3 is 10.4 Å². The number of rotatable bonds is 5. The Labute approximate surface area is 127 Å². The number of halogens is 2. The molecule has 0 fully saturated rings. The number of amides is 1. The van der Waals surface area contributed by atoms with E-state index in [0.29, 0.717) is 15.6 Å². The lowest BCUT2D eigenvalue weighted by atomic mass is 10.0. The molecule has 20 heavy (non-hydrogen) atoms. The lowest BCUT2D eigenvalue weighted by Gasteiger charge is -2.16. The normalized spacial score (nSPS) is 14.0. The molecule has 2 N–H and O–H groups in total. The number of nitrogens with one attached hydrogen (secondary N) is 1. The van der Waals surface area contributed by atoms with Gasteiger partial charge in [0.05, 0.1) is 16.0 Å². The zero-order valence-corrected chi connectivity index (χ0v) is 12.6. The lowest BCUT2D eigenvalue weighted by Crippen LogP contribution is -2.39. The van der Waals surface area contributed by atoms with Crippen molar-refractivity contribution in [3.63, 3.8) is 0 Å². The minimum absolute atomic E-state index is 0.366. The third-order valence-electron chi connectivity index (χ3n) is 2.91. The number of benzene rings is 1. The van der Waals surface area contributed by atoms with Crippen molar-refractivity contribution in [1.29, 1.82) is 0 Å². The molecule has 0 saturated heterocycles. The minimum atomic E-state index is -0.959. The van der Waals surface area contributed by atoms with Crippen molar-refractivity contribution in [3.05, 3.63) is 39.9 Å². The number of carboxylic acids is 1. The topological polar surface area (TPSA) is 66.4 Å². The van der Waals surface area contributed by atoms with Gasteiger partial charge in [0.1, 0.15) is 0 Å². The second kappa shape index (κ2) is 7.31. The van der Waals surface area contributed by atoms with Gasteiger partial charge in [0.2, 0.25) is 5.91 Å². The van der Waals surface area contributed by atoms with Crippen molar-refractivity contribution in [1.82, 2.24) is 5.32 Å². The van der Waals surface area contributed by atoms with Gasteiger partial charge in [-0.05, 0) is 31.6 Å². The summed E-state index contributed by atoms with van der Waals surface area (Å²) in [5, 5.41) is 12.2. The van der Waals surface area contributed by atoms with Crippen molar-refractivity contribution in [3.8, 4) is 0 Å². The van der Waals surface area contributed by atoms with Gasteiger partial charge in [-0.25, -0.2) is 0 Å². The molecule has 6 heteroatoms. The Hall–Kier alpha value is -1.52. The molecule has 0 radical (unpaired) electrons. The molecular weight excluding hydrogens is 301 g/mol. The quantitative estimate of drug-likeness (QED) is 0.820. The average Bonchev–Trinajstić information content (AvgIpc) is 2.39. The molecule has 0 heterocycles. The molecule has 0 aliphatic heterocycles. The fourth-order valence-electron chi connectivity index (χ4n) is 1.43. The first-order chi connectivity index (χ1) is 9.32. The summed E-state index contributed by atoms with van der Waals surface area (Å²) in [4.78, 5) is 22.5. The maximum Gasteiger partial charge on any atom is 0.308 e. The van der Waals surface area contributed by atoms with E-state index >= 15 is 0 Å². The first-order valence-corrected chi connectivity index (χ1v) is 6.74. The predicted octanol–water partition coefficient (Wildman–Crippen LogP) is 3.23. The first kappa shape index (κ1) is 16.5. The van der Waals surface area contributed by atoms with E-state index in [2.05, 4.69) is 5.32 Å². The minimum Gasteiger partial charge on any atom is -0.481 e. The number of carboxylic acid groups (broad SMARTS) is 1. The van der Waals surface area contributed by atoms with Crippen LogP contribution in [0.1, 0.15) is 19.4 Å². The molecule has 1 amide bonds. The summed E-state index contributed by atoms with van der Waals surface area (Å²) in [5.41, 5.74) is 0.619. The molecule has 4 nitrogen and oxygen atoms in total. The molecule has 0 aliphatic rings. The molecular formula is C14H15Cl2NO3. The number of hydrogen-bond donors (Lipinski definition) is 2. The summed E-state index contributed by atoms with van der Waals surface area (Å²) in [5.74, 6) is -2.01. The van der Waals surface area contributed by atoms with Crippen LogP contribution < -0.4 is 5.32 Å². The smallest absolute Gasteiger partial charge is 0.308 e. The number of aliphatic carboxylic acids is 1. The Kier molecular flexibility index (Phi) is 6.05. The van der Waals surface area contributed by atoms with Crippen molar-refractivity contribution in [2.75, 3.05) is 0 Å². The van der Waals surface area contributed by atoms with E-state index in [0.717, 1.165) is 0 Å². The number of carbonyl (C=O) groups is 2. The van der Waals surface area contributed by atoms with Gasteiger partial charge in [0.15, 0.2) is 0 Å². The van der Waals surface area contributed by atoms with Gasteiger partial charge in [-0.2, -0.15) is 0 Å². The zero-order chi connectivity index (χ0) is 15.3. The molecule has 0 saturated carbocycles. The second-order valence-electron chi connectivity index (χ2n) is 4.40. The highest BCUT2D eigenvalue weighted by Crippen LogP contribution is 2.26. The highest BCUT2D eigenvalue weighted by atomic mass is 35.5. The Morgan fingerprint density at radius 2 is 1.95 bits per heavy atom. The molecule has 1 aromatic carbocycles. The fourth-order valence-corrected chi connectivity index (χ4v) is 1.80. The summed E-state index contributed by atoms with van der Waals surface area (Å²) >= 11 is 11.8. The van der Waals surface area contributed by atoms with Crippen LogP contribution in [0.5, 0.6) is 0 Å². The van der Waals surface area contributed by atoms with Crippen LogP contribution in [-0.4, -0.2) is 23.0 Å². The molecule has 1 aromatic rings. The third-order valence-corrected chi connectivity index (χ3v) is 3.74. The van der Waals surface area contributed by atoms with Crippen LogP contribution >= 0.6 is 23.2 Å². The predicted molar refractivity (Wildman–Crippen MR) is 79.9 cm³/mol. The summed E-state index contributed by atoms with van der Waals surface area (Å²) in [6, 6.07) is 4.62. The molecule has 2 atom stereocenters. The Morgan fingerprint density at radius 1 is 1.30 bits per heavy atom. The molecule has 0 aliphatic carbocycles. The highest BCUT2D eigenvalue weighted by molar-refractivity contribution is 6.42. The summed E-state index contributed by atoms with van der Waals surface area (Å²) < 4.78 is 0. The van der Waals surface area contributed by atoms with Crippen LogP contribution in [0.4, 0.5) is 0 Å². The largest absolute Gasteiger partial charge is 0.481 e. The van der Waals surface area contributed by atoms with Crippen LogP contribution in [0.3, 0.4) is 0 Å². The maximum absolute atomic E-state index is 11.7. The maximum atomic E-state index is 11.7. The Bertz CT molecular complexity index is 543. The highest BCUT2D eigenvalue weighted by Gasteiger charge is 2.20. The fraction of sp³-hybridized carbons (Fsp3) is 0.286. The van der Waals surface area contributed by atoms with E-state index in [1.807, 2.05) is 0 Å². The first-order valence-electron chi connectivity index (χ1n) is 5.98. The number of carbonyl (C=O) groups excluding carboxylic acids is 1. The van der Waals surface area contributed by atoms with Gasteiger partial charge in [-0.15, -0.1) is 0 Å². The molecule has 2 unspecified atom stereocenters. The van der Waals surface area contributed by atoms with Gasteiger partial charge in [-0.1, -0.05) is 35.3 Å². The molecule has 0 aromatic heterocycles. The Balaban J connectivity index is 2.69. The van der Waals surface area contributed by atoms with E-state index in [1.54, 1.807) is 25.1 Å². The molecule has 0 spiro atoms. The van der Waals surface area contributed by atoms with Crippen LogP contribution in [0, 0.1) is 5.92 Å². The van der Waals surface area contributed by atoms with Crippen LogP contribution in [0.15, 0.2) is 24.3 Å². The SMILES string of the molecule is CC(NC(=O)/C=C/c1cccc(Cl)c1Cl)C(C)C(=O)O. The van der Waals surface area contributed by atoms with E-state index in [9.17, 15) is 9.59 Å². The standard InChI is InChI=1S/C14H15Cl2NO3/c1-8(14(19)20)9(2)17-12(18)7-6-10-4-3-5-11(15)13(10)16/h3-9H,1-2H3,(H,17,18)(H,19,20)/b7-6+. The van der Waals surface area contributed by atoms with Gasteiger partial charge in [0.25, 0.3) is 0 Å². The monoisotopic (exact) mass is 315 g/mol. The summed E-state index contributed by atoms with van der Waals surface area (Å²) in [6.07, 6.45) is 2.82. The number of hydrogen-bond acceptors (Lipinski definition) is 2. The molecule has 108 valence electrons. The van der Waals surface area contributed by atoms with Crippen molar-refractivity contribution >= 4 is 41.2 Å². The summed E-state index contributed by atoms with van der Waals surface area (Å²) in [7, 11) is 0. The van der Waals surface area contributed by atoms with E-state index in [4.69, 9.17) is 28.3 Å². The molecule has 0 bridgehead atoms. The third kappa shape index (κ3) is 4.54. The van der Waals surface area contributed by atoms with Crippen LogP contribution in [0.25, 0.3) is 6.08 Å². The van der Waals surface area contributed by atoms with Gasteiger partial charge in [-0.3, -0.25) is 9.59 Å². The second-order valence-corrected chi connectivity index (χ2v) is 5.19. The average molecular weight is 316 g/mol. The summed E-state index contributed by atoms with van der Waals surface area (Å²) in [6.45, 7) is 3.17.